The first-order valence-corrected chi connectivity index (χ1v) is 5.95. The molecule has 1 aliphatic rings. The Balaban J connectivity index is 2.42. The number of rotatable bonds is 2. The van der Waals surface area contributed by atoms with Crippen LogP contribution in [0.15, 0.2) is 18.2 Å². The van der Waals surface area contributed by atoms with Gasteiger partial charge in [0.2, 0.25) is 5.91 Å². The molecule has 0 aliphatic carbocycles. The van der Waals surface area contributed by atoms with Crippen molar-refractivity contribution in [1.82, 2.24) is 0 Å². The van der Waals surface area contributed by atoms with E-state index in [0.717, 1.165) is 16.8 Å². The molecule has 0 aromatic heterocycles. The summed E-state index contributed by atoms with van der Waals surface area (Å²) < 4.78 is 0. The summed E-state index contributed by atoms with van der Waals surface area (Å²) in [5, 5.41) is 9.21. The second-order valence-electron chi connectivity index (χ2n) is 5.26. The topological polar surface area (TPSA) is 57.6 Å². The average Bonchev–Trinajstić information content (AvgIpc) is 2.56. The highest BCUT2D eigenvalue weighted by atomic mass is 16.4. The summed E-state index contributed by atoms with van der Waals surface area (Å²) in [5.74, 6) is -1.03. The van der Waals surface area contributed by atoms with Crippen molar-refractivity contribution in [1.29, 1.82) is 0 Å². The Morgan fingerprint density at radius 2 is 1.89 bits per heavy atom. The summed E-state index contributed by atoms with van der Waals surface area (Å²) in [6.45, 7) is 5.74. The highest BCUT2D eigenvalue weighted by molar-refractivity contribution is 6.01. The summed E-state index contributed by atoms with van der Waals surface area (Å²) >= 11 is 0. The van der Waals surface area contributed by atoms with E-state index in [4.69, 9.17) is 0 Å². The molecule has 96 valence electrons. The van der Waals surface area contributed by atoms with E-state index in [1.165, 1.54) is 0 Å². The fourth-order valence-electron chi connectivity index (χ4n) is 2.50. The van der Waals surface area contributed by atoms with Gasteiger partial charge in [-0.2, -0.15) is 0 Å². The number of para-hydroxylation sites is 1. The Morgan fingerprint density at radius 3 is 2.33 bits per heavy atom. The lowest BCUT2D eigenvalue weighted by Crippen LogP contribution is -2.32. The number of hydrogen-bond acceptors (Lipinski definition) is 2. The van der Waals surface area contributed by atoms with Gasteiger partial charge >= 0.3 is 5.97 Å². The van der Waals surface area contributed by atoms with Crippen LogP contribution in [0, 0.1) is 19.3 Å². The number of hydrogen-bond donors (Lipinski definition) is 1. The molecule has 0 saturated carbocycles. The number of amides is 1. The predicted octanol–water partition coefficient (Wildman–Crippen LogP) is 2.13. The number of aryl methyl sites for hydroxylation is 2. The smallest absolute Gasteiger partial charge is 0.311 e. The maximum Gasteiger partial charge on any atom is 0.311 e. The van der Waals surface area contributed by atoms with Crippen LogP contribution >= 0.6 is 0 Å². The molecule has 1 N–H and O–H groups in total. The molecule has 0 bridgehead atoms. The van der Waals surface area contributed by atoms with Gasteiger partial charge < -0.3 is 10.0 Å². The zero-order valence-corrected chi connectivity index (χ0v) is 10.9. The van der Waals surface area contributed by atoms with Crippen LogP contribution in [0.4, 0.5) is 5.69 Å². The maximum atomic E-state index is 12.1. The molecular weight excluding hydrogens is 230 g/mol. The first kappa shape index (κ1) is 12.6. The van der Waals surface area contributed by atoms with E-state index in [0.29, 0.717) is 0 Å². The molecule has 1 saturated heterocycles. The van der Waals surface area contributed by atoms with E-state index in [1.54, 1.807) is 11.8 Å². The van der Waals surface area contributed by atoms with Gasteiger partial charge in [-0.25, -0.2) is 0 Å². The van der Waals surface area contributed by atoms with Crippen LogP contribution in [0.25, 0.3) is 0 Å². The molecular formula is C14H17NO3. The number of carbonyl (C=O) groups is 2. The molecule has 4 heteroatoms. The lowest BCUT2D eigenvalue weighted by molar-refractivity contribution is -0.147. The van der Waals surface area contributed by atoms with Gasteiger partial charge in [0.1, 0.15) is 0 Å². The van der Waals surface area contributed by atoms with Gasteiger partial charge in [0.15, 0.2) is 0 Å². The van der Waals surface area contributed by atoms with Gasteiger partial charge in [0.25, 0.3) is 0 Å². The third kappa shape index (κ3) is 1.88. The quantitative estimate of drug-likeness (QED) is 0.871. The Bertz CT molecular complexity index is 504. The molecule has 0 radical (unpaired) electrons. The third-order valence-electron chi connectivity index (χ3n) is 3.58. The van der Waals surface area contributed by atoms with Gasteiger partial charge in [0.05, 0.1) is 5.41 Å². The largest absolute Gasteiger partial charge is 0.481 e. The van der Waals surface area contributed by atoms with Crippen LogP contribution in [0.5, 0.6) is 0 Å². The molecule has 1 aromatic carbocycles. The van der Waals surface area contributed by atoms with Crippen molar-refractivity contribution in [2.75, 3.05) is 11.4 Å². The van der Waals surface area contributed by atoms with E-state index < -0.39 is 11.4 Å². The predicted molar refractivity (Wildman–Crippen MR) is 68.6 cm³/mol. The zero-order chi connectivity index (χ0) is 13.5. The molecule has 4 nitrogen and oxygen atoms in total. The molecule has 1 aromatic rings. The van der Waals surface area contributed by atoms with Crippen molar-refractivity contribution in [2.45, 2.75) is 27.2 Å². The van der Waals surface area contributed by atoms with Crippen molar-refractivity contribution in [3.63, 3.8) is 0 Å². The Morgan fingerprint density at radius 1 is 1.33 bits per heavy atom. The maximum absolute atomic E-state index is 12.1. The number of benzene rings is 1. The van der Waals surface area contributed by atoms with Crippen LogP contribution in [0.3, 0.4) is 0 Å². The van der Waals surface area contributed by atoms with Crippen LogP contribution in [-0.2, 0) is 9.59 Å². The SMILES string of the molecule is Cc1cccc(C)c1N1C[C@@](C)(C(=O)O)CC1=O. The van der Waals surface area contributed by atoms with E-state index >= 15 is 0 Å². The second-order valence-corrected chi connectivity index (χ2v) is 5.26. The Hall–Kier alpha value is -1.84. The van der Waals surface area contributed by atoms with Gasteiger partial charge in [-0.3, -0.25) is 9.59 Å². The minimum absolute atomic E-state index is 0.0656. The van der Waals surface area contributed by atoms with Crippen molar-refractivity contribution in [2.24, 2.45) is 5.41 Å². The zero-order valence-electron chi connectivity index (χ0n) is 10.9. The minimum atomic E-state index is -0.980. The van der Waals surface area contributed by atoms with Crippen molar-refractivity contribution in [3.8, 4) is 0 Å². The van der Waals surface area contributed by atoms with Gasteiger partial charge in [-0.05, 0) is 31.9 Å². The molecule has 0 unspecified atom stereocenters. The van der Waals surface area contributed by atoms with Crippen LogP contribution in [-0.4, -0.2) is 23.5 Å². The fourth-order valence-corrected chi connectivity index (χ4v) is 2.50. The summed E-state index contributed by atoms with van der Waals surface area (Å²) in [4.78, 5) is 24.9. The average molecular weight is 247 g/mol. The van der Waals surface area contributed by atoms with E-state index in [9.17, 15) is 14.7 Å². The minimum Gasteiger partial charge on any atom is -0.481 e. The number of carboxylic acid groups (broad SMARTS) is 1. The van der Waals surface area contributed by atoms with E-state index in [2.05, 4.69) is 0 Å². The third-order valence-corrected chi connectivity index (χ3v) is 3.58. The first-order valence-electron chi connectivity index (χ1n) is 5.95. The van der Waals surface area contributed by atoms with E-state index in [1.807, 2.05) is 32.0 Å². The molecule has 1 atom stereocenters. The highest BCUT2D eigenvalue weighted by Gasteiger charge is 2.46. The molecule has 0 spiro atoms. The van der Waals surface area contributed by atoms with Gasteiger partial charge in [-0.15, -0.1) is 0 Å². The fraction of sp³-hybridized carbons (Fsp3) is 0.429. The van der Waals surface area contributed by atoms with Crippen molar-refractivity contribution >= 4 is 17.6 Å². The lowest BCUT2D eigenvalue weighted by atomic mass is 9.90. The molecule has 18 heavy (non-hydrogen) atoms. The summed E-state index contributed by atoms with van der Waals surface area (Å²) in [6.07, 6.45) is 0.0656. The molecule has 1 heterocycles. The lowest BCUT2D eigenvalue weighted by Gasteiger charge is -2.23. The van der Waals surface area contributed by atoms with Gasteiger partial charge in [-0.1, -0.05) is 18.2 Å². The summed E-state index contributed by atoms with van der Waals surface area (Å²) in [7, 11) is 0. The Labute approximate surface area is 106 Å². The number of aliphatic carboxylic acids is 1. The molecule has 1 amide bonds. The summed E-state index contributed by atoms with van der Waals surface area (Å²) in [6, 6.07) is 5.81. The monoisotopic (exact) mass is 247 g/mol. The number of anilines is 1. The van der Waals surface area contributed by atoms with Gasteiger partial charge in [0, 0.05) is 18.7 Å². The van der Waals surface area contributed by atoms with Crippen LogP contribution < -0.4 is 4.90 Å². The van der Waals surface area contributed by atoms with Crippen molar-refractivity contribution < 1.29 is 14.7 Å². The van der Waals surface area contributed by atoms with Crippen LogP contribution in [0.2, 0.25) is 0 Å². The van der Waals surface area contributed by atoms with Crippen molar-refractivity contribution in [3.05, 3.63) is 29.3 Å². The van der Waals surface area contributed by atoms with Crippen LogP contribution in [0.1, 0.15) is 24.5 Å². The Kier molecular flexibility index (Phi) is 2.89. The van der Waals surface area contributed by atoms with E-state index in [-0.39, 0.29) is 18.9 Å². The number of carboxylic acids is 1. The normalized spacial score (nSPS) is 23.5. The number of carbonyl (C=O) groups excluding carboxylic acids is 1. The number of nitrogens with zero attached hydrogens (tertiary/aromatic N) is 1. The standard InChI is InChI=1S/C14H17NO3/c1-9-5-4-6-10(2)12(9)15-8-14(3,13(17)18)7-11(15)16/h4-6H,7-8H2,1-3H3,(H,17,18)/t14-/m0/s1. The highest BCUT2D eigenvalue weighted by Crippen LogP contribution is 2.37. The molecule has 1 fully saturated rings. The first-order chi connectivity index (χ1) is 8.35. The summed E-state index contributed by atoms with van der Waals surface area (Å²) in [5.41, 5.74) is 1.87. The second kappa shape index (κ2) is 4.12. The molecule has 2 rings (SSSR count). The molecule has 1 aliphatic heterocycles.